The maximum Gasteiger partial charge on any atom is 0.343 e. The molecule has 20 heavy (non-hydrogen) atoms. The number of Topliss-reactive ketones (excluding diaryl/α,β-unsaturated/α-hetero) is 2. The third-order valence-corrected chi connectivity index (χ3v) is 2.90. The van der Waals surface area contributed by atoms with E-state index in [1.165, 1.54) is 13.8 Å². The Morgan fingerprint density at radius 3 is 0.950 bits per heavy atom. The highest BCUT2D eigenvalue weighted by Gasteiger charge is 2.39. The molecule has 0 saturated carbocycles. The number of hydrogen-bond donors (Lipinski definition) is 4. The van der Waals surface area contributed by atoms with Crippen molar-refractivity contribution in [3.05, 3.63) is 0 Å². The zero-order valence-corrected chi connectivity index (χ0v) is 11.8. The molecular formula is C12H20O8. The molecule has 0 aliphatic carbocycles. The number of carboxylic acid groups (broad SMARTS) is 2. The highest BCUT2D eigenvalue weighted by molar-refractivity contribution is 6.05. The van der Waals surface area contributed by atoms with Gasteiger partial charge in [0.05, 0.1) is 0 Å². The highest BCUT2D eigenvalue weighted by Crippen LogP contribution is 2.11. The molecule has 0 aromatic heterocycles. The van der Waals surface area contributed by atoms with Crippen LogP contribution in [-0.2, 0) is 19.2 Å². The van der Waals surface area contributed by atoms with E-state index in [0.717, 1.165) is 13.8 Å². The zero-order chi connectivity index (χ0) is 16.7. The fourth-order valence-electron chi connectivity index (χ4n) is 1.10. The van der Waals surface area contributed by atoms with Crippen molar-refractivity contribution in [1.82, 2.24) is 0 Å². The van der Waals surface area contributed by atoms with Gasteiger partial charge >= 0.3 is 11.9 Å². The lowest BCUT2D eigenvalue weighted by atomic mass is 9.97. The molecule has 2 atom stereocenters. The van der Waals surface area contributed by atoms with E-state index in [4.69, 9.17) is 20.4 Å². The van der Waals surface area contributed by atoms with E-state index in [1.54, 1.807) is 0 Å². The molecule has 0 spiro atoms. The normalized spacial score (nSPS) is 15.9. The second kappa shape index (κ2) is 7.71. The lowest BCUT2D eigenvalue weighted by Gasteiger charge is -2.16. The number of aliphatic carboxylic acids is 2. The first-order valence-electron chi connectivity index (χ1n) is 5.83. The number of hydrogen-bond acceptors (Lipinski definition) is 6. The minimum atomic E-state index is -2.18. The van der Waals surface area contributed by atoms with Gasteiger partial charge in [-0.25, -0.2) is 9.59 Å². The van der Waals surface area contributed by atoms with E-state index in [1.807, 2.05) is 0 Å². The molecule has 0 aromatic carbocycles. The summed E-state index contributed by atoms with van der Waals surface area (Å²) in [6.07, 6.45) is -0.199. The third-order valence-electron chi connectivity index (χ3n) is 2.90. The van der Waals surface area contributed by atoms with Gasteiger partial charge in [0.2, 0.25) is 11.2 Å². The van der Waals surface area contributed by atoms with Gasteiger partial charge in [-0.2, -0.15) is 0 Å². The minimum absolute atomic E-state index is 0.0995. The van der Waals surface area contributed by atoms with Gasteiger partial charge in [-0.3, -0.25) is 9.59 Å². The molecule has 0 heterocycles. The Hall–Kier alpha value is -1.80. The van der Waals surface area contributed by atoms with Crippen LogP contribution >= 0.6 is 0 Å². The van der Waals surface area contributed by atoms with Crippen molar-refractivity contribution in [2.24, 2.45) is 0 Å². The zero-order valence-electron chi connectivity index (χ0n) is 11.8. The van der Waals surface area contributed by atoms with Crippen molar-refractivity contribution in [3.63, 3.8) is 0 Å². The smallest absolute Gasteiger partial charge is 0.343 e. The summed E-state index contributed by atoms with van der Waals surface area (Å²) >= 11 is 0. The molecular weight excluding hydrogens is 272 g/mol. The number of carboxylic acids is 2. The van der Waals surface area contributed by atoms with Crippen LogP contribution in [0, 0.1) is 0 Å². The molecule has 0 aromatic rings. The van der Waals surface area contributed by atoms with Crippen molar-refractivity contribution >= 4 is 23.5 Å². The van der Waals surface area contributed by atoms with Gasteiger partial charge < -0.3 is 20.4 Å². The Balaban J connectivity index is 0. The Morgan fingerprint density at radius 2 is 0.950 bits per heavy atom. The van der Waals surface area contributed by atoms with Crippen molar-refractivity contribution in [3.8, 4) is 0 Å². The van der Waals surface area contributed by atoms with Crippen molar-refractivity contribution < 1.29 is 39.6 Å². The van der Waals surface area contributed by atoms with Crippen molar-refractivity contribution in [1.29, 1.82) is 0 Å². The molecule has 0 bridgehead atoms. The van der Waals surface area contributed by atoms with Crippen LogP contribution in [-0.4, -0.2) is 55.1 Å². The van der Waals surface area contributed by atoms with Crippen LogP contribution in [0.3, 0.4) is 0 Å². The maximum absolute atomic E-state index is 10.5. The van der Waals surface area contributed by atoms with Gasteiger partial charge in [0, 0.05) is 0 Å². The second-order valence-electron chi connectivity index (χ2n) is 4.15. The molecule has 0 fully saturated rings. The third kappa shape index (κ3) is 4.71. The second-order valence-corrected chi connectivity index (χ2v) is 4.15. The number of rotatable bonds is 6. The molecule has 8 nitrogen and oxygen atoms in total. The predicted octanol–water partition coefficient (Wildman–Crippen LogP) is -0.398. The summed E-state index contributed by atoms with van der Waals surface area (Å²) in [5.74, 6) is -4.44. The first-order chi connectivity index (χ1) is 8.89. The average Bonchev–Trinajstić information content (AvgIpc) is 2.36. The first-order valence-corrected chi connectivity index (χ1v) is 5.83. The Bertz CT molecular complexity index is 332. The van der Waals surface area contributed by atoms with E-state index >= 15 is 0 Å². The summed E-state index contributed by atoms with van der Waals surface area (Å²) in [4.78, 5) is 41.5. The summed E-state index contributed by atoms with van der Waals surface area (Å²) in [6, 6.07) is 0. The van der Waals surface area contributed by atoms with Crippen LogP contribution in [0.25, 0.3) is 0 Å². The van der Waals surface area contributed by atoms with Crippen molar-refractivity contribution in [2.75, 3.05) is 0 Å². The lowest BCUT2D eigenvalue weighted by molar-refractivity contribution is -0.165. The van der Waals surface area contributed by atoms with Gasteiger partial charge in [0.25, 0.3) is 0 Å². The maximum atomic E-state index is 10.5. The van der Waals surface area contributed by atoms with E-state index in [-0.39, 0.29) is 12.8 Å². The molecule has 0 aliphatic heterocycles. The van der Waals surface area contributed by atoms with Gasteiger partial charge in [-0.05, 0) is 26.7 Å². The van der Waals surface area contributed by atoms with Gasteiger partial charge in [0.15, 0.2) is 11.6 Å². The summed E-state index contributed by atoms with van der Waals surface area (Å²) in [6.45, 7) is 4.99. The molecule has 8 heteroatoms. The topological polar surface area (TPSA) is 149 Å². The fourth-order valence-corrected chi connectivity index (χ4v) is 1.10. The lowest BCUT2D eigenvalue weighted by Crippen LogP contribution is -2.44. The van der Waals surface area contributed by atoms with Crippen LogP contribution < -0.4 is 0 Å². The molecule has 2 unspecified atom stereocenters. The SMILES string of the molecule is CCC(O)(C(C)=O)C(=O)O.CCC(O)(C(C)=O)C(=O)O. The molecule has 4 N–H and O–H groups in total. The van der Waals surface area contributed by atoms with E-state index in [9.17, 15) is 19.2 Å². The first kappa shape index (κ1) is 20.5. The van der Waals surface area contributed by atoms with Crippen LogP contribution in [0.1, 0.15) is 40.5 Å². The van der Waals surface area contributed by atoms with E-state index < -0.39 is 34.7 Å². The standard InChI is InChI=1S/2C6H10O4/c2*1-3-6(10,4(2)7)5(8)9/h2*10H,3H2,1-2H3,(H,8,9). The average molecular weight is 292 g/mol. The molecule has 0 amide bonds. The van der Waals surface area contributed by atoms with Crippen LogP contribution in [0.4, 0.5) is 0 Å². The largest absolute Gasteiger partial charge is 0.479 e. The summed E-state index contributed by atoms with van der Waals surface area (Å²) in [7, 11) is 0. The number of aliphatic hydroxyl groups is 2. The predicted molar refractivity (Wildman–Crippen MR) is 67.1 cm³/mol. The van der Waals surface area contributed by atoms with Crippen LogP contribution in [0.15, 0.2) is 0 Å². The molecule has 0 aliphatic rings. The number of ketones is 2. The van der Waals surface area contributed by atoms with Crippen molar-refractivity contribution in [2.45, 2.75) is 51.7 Å². The van der Waals surface area contributed by atoms with Crippen LogP contribution in [0.5, 0.6) is 0 Å². The summed E-state index contributed by atoms with van der Waals surface area (Å²) in [5.41, 5.74) is -4.36. The summed E-state index contributed by atoms with van der Waals surface area (Å²) < 4.78 is 0. The minimum Gasteiger partial charge on any atom is -0.479 e. The Kier molecular flexibility index (Phi) is 7.91. The fraction of sp³-hybridized carbons (Fsp3) is 0.667. The van der Waals surface area contributed by atoms with E-state index in [0.29, 0.717) is 0 Å². The monoisotopic (exact) mass is 292 g/mol. The molecule has 0 rings (SSSR count). The van der Waals surface area contributed by atoms with Gasteiger partial charge in [-0.15, -0.1) is 0 Å². The number of carbonyl (C=O) groups excluding carboxylic acids is 2. The molecule has 0 radical (unpaired) electrons. The highest BCUT2D eigenvalue weighted by atomic mass is 16.4. The molecule has 116 valence electrons. The van der Waals surface area contributed by atoms with Gasteiger partial charge in [0.1, 0.15) is 0 Å². The summed E-state index contributed by atoms with van der Waals surface area (Å²) in [5, 5.41) is 34.7. The van der Waals surface area contributed by atoms with Gasteiger partial charge in [-0.1, -0.05) is 13.8 Å². The quantitative estimate of drug-likeness (QED) is 0.483. The number of carbonyl (C=O) groups is 4. The van der Waals surface area contributed by atoms with E-state index in [2.05, 4.69) is 0 Å². The Morgan fingerprint density at radius 1 is 0.750 bits per heavy atom. The van der Waals surface area contributed by atoms with Crippen LogP contribution in [0.2, 0.25) is 0 Å². The molecule has 0 saturated heterocycles. The Labute approximate surface area is 116 Å².